The molecule has 0 radical (unpaired) electrons. The van der Waals surface area contributed by atoms with Crippen molar-refractivity contribution in [2.24, 2.45) is 0 Å². The molecule has 3 nitrogen and oxygen atoms in total. The summed E-state index contributed by atoms with van der Waals surface area (Å²) in [5.41, 5.74) is 0.218. The normalized spacial score (nSPS) is 27.5. The molecule has 0 saturated carbocycles. The van der Waals surface area contributed by atoms with Crippen LogP contribution < -0.4 is 0 Å². The summed E-state index contributed by atoms with van der Waals surface area (Å²) >= 11 is 0. The van der Waals surface area contributed by atoms with E-state index in [0.717, 1.165) is 19.5 Å². The van der Waals surface area contributed by atoms with Crippen molar-refractivity contribution in [1.29, 1.82) is 0 Å². The van der Waals surface area contributed by atoms with Gasteiger partial charge in [0, 0.05) is 25.2 Å². The molecule has 2 atom stereocenters. The molecule has 0 aromatic heterocycles. The van der Waals surface area contributed by atoms with E-state index in [1.165, 1.54) is 18.9 Å². The summed E-state index contributed by atoms with van der Waals surface area (Å²) in [4.78, 5) is 16.9. The molecule has 2 heterocycles. The molecule has 3 rings (SSSR count). The lowest BCUT2D eigenvalue weighted by Gasteiger charge is -2.25. The van der Waals surface area contributed by atoms with Gasteiger partial charge >= 0.3 is 0 Å². The van der Waals surface area contributed by atoms with E-state index >= 15 is 0 Å². The Kier molecular flexibility index (Phi) is 3.85. The van der Waals surface area contributed by atoms with Gasteiger partial charge in [0.05, 0.1) is 12.1 Å². The molecule has 0 aliphatic carbocycles. The van der Waals surface area contributed by atoms with Gasteiger partial charge in [0.15, 0.2) is 5.78 Å². The maximum atomic E-state index is 13.6. The van der Waals surface area contributed by atoms with Crippen molar-refractivity contribution < 1.29 is 9.18 Å². The fraction of sp³-hybridized carbons (Fsp3) is 0.562. The Morgan fingerprint density at radius 2 is 2.00 bits per heavy atom. The Balaban J connectivity index is 1.66. The lowest BCUT2D eigenvalue weighted by atomic mass is 10.1. The predicted molar refractivity (Wildman–Crippen MR) is 76.4 cm³/mol. The van der Waals surface area contributed by atoms with Crippen molar-refractivity contribution in [1.82, 2.24) is 9.80 Å². The third-order valence-electron chi connectivity index (χ3n) is 4.77. The van der Waals surface area contributed by atoms with Crippen molar-refractivity contribution in [3.63, 3.8) is 0 Å². The van der Waals surface area contributed by atoms with Crippen molar-refractivity contribution in [2.45, 2.75) is 31.3 Å². The van der Waals surface area contributed by atoms with Crippen LogP contribution >= 0.6 is 0 Å². The van der Waals surface area contributed by atoms with Gasteiger partial charge in [-0.05, 0) is 38.4 Å². The molecule has 2 aliphatic heterocycles. The number of halogens is 1. The van der Waals surface area contributed by atoms with Crippen molar-refractivity contribution in [3.8, 4) is 0 Å². The topological polar surface area (TPSA) is 23.6 Å². The molecule has 2 saturated heterocycles. The molecule has 0 spiro atoms. The minimum absolute atomic E-state index is 0.108. The molecular weight excluding hydrogens is 255 g/mol. The highest BCUT2D eigenvalue weighted by Gasteiger charge is 2.35. The number of carbonyl (C=O) groups excluding carboxylic acids is 1. The molecule has 2 fully saturated rings. The average molecular weight is 276 g/mol. The number of hydrogen-bond donors (Lipinski definition) is 0. The van der Waals surface area contributed by atoms with Crippen LogP contribution in [0.1, 0.15) is 29.6 Å². The van der Waals surface area contributed by atoms with Gasteiger partial charge in [-0.2, -0.15) is 0 Å². The first kappa shape index (κ1) is 13.7. The van der Waals surface area contributed by atoms with Gasteiger partial charge in [0.25, 0.3) is 0 Å². The van der Waals surface area contributed by atoms with Gasteiger partial charge in [0.2, 0.25) is 0 Å². The third-order valence-corrected chi connectivity index (χ3v) is 4.77. The summed E-state index contributed by atoms with van der Waals surface area (Å²) in [6.45, 7) is 2.19. The van der Waals surface area contributed by atoms with Crippen LogP contribution in [0.4, 0.5) is 4.39 Å². The third kappa shape index (κ3) is 2.63. The molecule has 1 aromatic rings. The van der Waals surface area contributed by atoms with Gasteiger partial charge in [-0.15, -0.1) is 0 Å². The Morgan fingerprint density at radius 1 is 1.25 bits per heavy atom. The minimum atomic E-state index is -0.411. The number of hydrogen-bond acceptors (Lipinski definition) is 3. The standard InChI is InChI=1S/C16H21FN2O/c1-18-12-6-7-13(18)10-19(9-8-12)11-16(20)14-4-2-3-5-15(14)17/h2-5,12-13H,6-11H2,1H3. The number of fused-ring (bicyclic) bond motifs is 2. The maximum absolute atomic E-state index is 13.6. The lowest BCUT2D eigenvalue weighted by molar-refractivity contribution is 0.0919. The second-order valence-corrected chi connectivity index (χ2v) is 5.98. The van der Waals surface area contributed by atoms with Crippen LogP contribution in [-0.4, -0.2) is 54.3 Å². The molecule has 0 amide bonds. The Morgan fingerprint density at radius 3 is 2.80 bits per heavy atom. The van der Waals surface area contributed by atoms with Gasteiger partial charge in [-0.25, -0.2) is 4.39 Å². The monoisotopic (exact) mass is 276 g/mol. The van der Waals surface area contributed by atoms with E-state index < -0.39 is 5.82 Å². The number of carbonyl (C=O) groups is 1. The van der Waals surface area contributed by atoms with Gasteiger partial charge in [-0.1, -0.05) is 12.1 Å². The van der Waals surface area contributed by atoms with E-state index in [-0.39, 0.29) is 11.3 Å². The first-order valence-corrected chi connectivity index (χ1v) is 7.37. The minimum Gasteiger partial charge on any atom is -0.299 e. The van der Waals surface area contributed by atoms with Crippen molar-refractivity contribution in [2.75, 3.05) is 26.7 Å². The second kappa shape index (κ2) is 5.62. The lowest BCUT2D eigenvalue weighted by Crippen LogP contribution is -2.39. The molecule has 1 aromatic carbocycles. The van der Waals surface area contributed by atoms with Crippen LogP contribution in [0.2, 0.25) is 0 Å². The Bertz CT molecular complexity index is 505. The summed E-state index contributed by atoms with van der Waals surface area (Å²) < 4.78 is 13.6. The number of likely N-dealkylation sites (tertiary alicyclic amines) is 1. The Hall–Kier alpha value is -1.26. The highest BCUT2D eigenvalue weighted by molar-refractivity contribution is 5.97. The number of likely N-dealkylation sites (N-methyl/N-ethyl adjacent to an activating group) is 1. The molecule has 2 bridgehead atoms. The molecule has 2 unspecified atom stereocenters. The van der Waals surface area contributed by atoms with Crippen LogP contribution in [0.3, 0.4) is 0 Å². The highest BCUT2D eigenvalue weighted by atomic mass is 19.1. The van der Waals surface area contributed by atoms with Crippen LogP contribution in [0.5, 0.6) is 0 Å². The number of benzene rings is 1. The summed E-state index contributed by atoms with van der Waals surface area (Å²) in [6.07, 6.45) is 3.60. The first-order chi connectivity index (χ1) is 9.65. The zero-order valence-corrected chi connectivity index (χ0v) is 11.9. The van der Waals surface area contributed by atoms with Gasteiger partial charge in [0.1, 0.15) is 5.82 Å². The highest BCUT2D eigenvalue weighted by Crippen LogP contribution is 2.28. The predicted octanol–water partition coefficient (Wildman–Crippen LogP) is 2.18. The van der Waals surface area contributed by atoms with Crippen molar-refractivity contribution in [3.05, 3.63) is 35.6 Å². The fourth-order valence-electron chi connectivity index (χ4n) is 3.50. The van der Waals surface area contributed by atoms with E-state index in [4.69, 9.17) is 0 Å². The largest absolute Gasteiger partial charge is 0.299 e. The van der Waals surface area contributed by atoms with Crippen LogP contribution in [0.25, 0.3) is 0 Å². The smallest absolute Gasteiger partial charge is 0.179 e. The second-order valence-electron chi connectivity index (χ2n) is 5.98. The zero-order valence-electron chi connectivity index (χ0n) is 11.9. The molecule has 2 aliphatic rings. The SMILES string of the molecule is CN1C2CCC1CN(CC(=O)c1ccccc1F)CC2. The number of Topliss-reactive ketones (excluding diaryl/α,β-unsaturated/α-hetero) is 1. The van der Waals surface area contributed by atoms with Gasteiger partial charge in [-0.3, -0.25) is 14.6 Å². The molecular formula is C16H21FN2O. The van der Waals surface area contributed by atoms with Gasteiger partial charge < -0.3 is 0 Å². The van der Waals surface area contributed by atoms with Crippen LogP contribution in [0, 0.1) is 5.82 Å². The average Bonchev–Trinajstić information content (AvgIpc) is 2.67. The first-order valence-electron chi connectivity index (χ1n) is 7.37. The zero-order chi connectivity index (χ0) is 14.1. The summed E-state index contributed by atoms with van der Waals surface area (Å²) in [7, 11) is 2.19. The molecule has 0 N–H and O–H groups in total. The molecule has 20 heavy (non-hydrogen) atoms. The Labute approximate surface area is 119 Å². The number of ketones is 1. The quantitative estimate of drug-likeness (QED) is 0.791. The summed E-state index contributed by atoms with van der Waals surface area (Å²) in [5, 5.41) is 0. The molecule has 108 valence electrons. The van der Waals surface area contributed by atoms with E-state index in [9.17, 15) is 9.18 Å². The summed E-state index contributed by atoms with van der Waals surface area (Å²) in [5.74, 6) is -0.519. The van der Waals surface area contributed by atoms with Crippen LogP contribution in [0.15, 0.2) is 24.3 Å². The molecule has 4 heteroatoms. The maximum Gasteiger partial charge on any atom is 0.179 e. The number of nitrogens with zero attached hydrogens (tertiary/aromatic N) is 2. The van der Waals surface area contributed by atoms with Crippen LogP contribution in [-0.2, 0) is 0 Å². The van der Waals surface area contributed by atoms with E-state index in [0.29, 0.717) is 18.6 Å². The fourth-order valence-corrected chi connectivity index (χ4v) is 3.50. The summed E-state index contributed by atoms with van der Waals surface area (Å²) in [6, 6.07) is 7.48. The van der Waals surface area contributed by atoms with E-state index in [1.807, 2.05) is 0 Å². The number of rotatable bonds is 3. The van der Waals surface area contributed by atoms with E-state index in [1.54, 1.807) is 18.2 Å². The van der Waals surface area contributed by atoms with Crippen molar-refractivity contribution >= 4 is 5.78 Å². The van der Waals surface area contributed by atoms with E-state index in [2.05, 4.69) is 16.8 Å².